The minimum atomic E-state index is -0.807. The van der Waals surface area contributed by atoms with E-state index in [1.54, 1.807) is 31.2 Å². The van der Waals surface area contributed by atoms with Crippen LogP contribution in [0, 0.1) is 13.8 Å². The summed E-state index contributed by atoms with van der Waals surface area (Å²) in [6, 6.07) is 13.1. The number of carbonyl (C=O) groups excluding carboxylic acids is 2. The van der Waals surface area contributed by atoms with Crippen molar-refractivity contribution in [2.75, 3.05) is 4.90 Å². The van der Waals surface area contributed by atoms with E-state index in [0.717, 1.165) is 5.56 Å². The van der Waals surface area contributed by atoms with Gasteiger partial charge in [0.2, 0.25) is 5.13 Å². The van der Waals surface area contributed by atoms with Crippen molar-refractivity contribution in [2.24, 2.45) is 0 Å². The first-order valence-electron chi connectivity index (χ1n) is 8.80. The molecule has 0 aliphatic carbocycles. The van der Waals surface area contributed by atoms with Gasteiger partial charge in [-0.3, -0.25) is 14.5 Å². The van der Waals surface area contributed by atoms with Gasteiger partial charge >= 0.3 is 5.91 Å². The molecule has 8 heteroatoms. The molecule has 0 radical (unpaired) electrons. The second-order valence-electron chi connectivity index (χ2n) is 6.69. The van der Waals surface area contributed by atoms with Crippen LogP contribution in [0.1, 0.15) is 27.7 Å². The van der Waals surface area contributed by atoms with Gasteiger partial charge in [-0.25, -0.2) is 0 Å². The van der Waals surface area contributed by atoms with Gasteiger partial charge in [0, 0.05) is 10.6 Å². The summed E-state index contributed by atoms with van der Waals surface area (Å²) in [5.41, 5.74) is 2.14. The van der Waals surface area contributed by atoms with Gasteiger partial charge in [-0.05, 0) is 43.7 Å². The maximum atomic E-state index is 12.9. The maximum absolute atomic E-state index is 12.9. The van der Waals surface area contributed by atoms with Crippen LogP contribution in [0.3, 0.4) is 0 Å². The highest BCUT2D eigenvalue weighted by Crippen LogP contribution is 2.42. The molecule has 6 nitrogen and oxygen atoms in total. The molecule has 1 unspecified atom stereocenters. The topological polar surface area (TPSA) is 83.4 Å². The molecule has 1 aliphatic rings. The quantitative estimate of drug-likeness (QED) is 0.381. The minimum Gasteiger partial charge on any atom is -0.507 e. The molecule has 0 bridgehead atoms. The van der Waals surface area contributed by atoms with Gasteiger partial charge in [-0.1, -0.05) is 52.8 Å². The summed E-state index contributed by atoms with van der Waals surface area (Å²) in [7, 11) is 0. The molecule has 1 aromatic heterocycles. The number of rotatable bonds is 3. The predicted molar refractivity (Wildman–Crippen MR) is 112 cm³/mol. The van der Waals surface area contributed by atoms with Crippen LogP contribution in [0.25, 0.3) is 5.76 Å². The molecule has 3 aromatic rings. The van der Waals surface area contributed by atoms with E-state index in [1.165, 1.54) is 16.2 Å². The van der Waals surface area contributed by atoms with Crippen molar-refractivity contribution in [3.05, 3.63) is 80.8 Å². The molecule has 1 atom stereocenters. The molecular formula is C21H16ClN3O3S. The monoisotopic (exact) mass is 425 g/mol. The number of hydrogen-bond donors (Lipinski definition) is 1. The Morgan fingerprint density at radius 2 is 1.69 bits per heavy atom. The van der Waals surface area contributed by atoms with Crippen LogP contribution in [0.2, 0.25) is 5.02 Å². The number of nitrogens with zero attached hydrogens (tertiary/aromatic N) is 3. The van der Waals surface area contributed by atoms with E-state index in [4.69, 9.17) is 11.6 Å². The number of aromatic nitrogens is 2. The molecule has 1 saturated heterocycles. The van der Waals surface area contributed by atoms with Crippen molar-refractivity contribution >= 4 is 45.5 Å². The van der Waals surface area contributed by atoms with E-state index in [0.29, 0.717) is 26.3 Å². The summed E-state index contributed by atoms with van der Waals surface area (Å²) in [5.74, 6) is -1.77. The summed E-state index contributed by atoms with van der Waals surface area (Å²) in [4.78, 5) is 27.2. The molecule has 29 heavy (non-hydrogen) atoms. The molecule has 0 saturated carbocycles. The van der Waals surface area contributed by atoms with Crippen LogP contribution < -0.4 is 4.90 Å². The average molecular weight is 426 g/mol. The van der Waals surface area contributed by atoms with Crippen LogP contribution in [0.4, 0.5) is 5.13 Å². The summed E-state index contributed by atoms with van der Waals surface area (Å²) in [5, 5.41) is 20.5. The van der Waals surface area contributed by atoms with Gasteiger partial charge < -0.3 is 5.11 Å². The molecule has 0 spiro atoms. The Kier molecular flexibility index (Phi) is 4.94. The first-order valence-corrected chi connectivity index (χ1v) is 10.00. The molecule has 4 rings (SSSR count). The number of aliphatic hydroxyl groups is 1. The fourth-order valence-corrected chi connectivity index (χ4v) is 4.08. The number of carbonyl (C=O) groups is 2. The Balaban J connectivity index is 1.93. The molecular weight excluding hydrogens is 410 g/mol. The lowest BCUT2D eigenvalue weighted by Crippen LogP contribution is -2.29. The molecule has 1 aliphatic heterocycles. The van der Waals surface area contributed by atoms with Crippen molar-refractivity contribution in [2.45, 2.75) is 19.9 Å². The third-order valence-electron chi connectivity index (χ3n) is 4.68. The third kappa shape index (κ3) is 3.43. The van der Waals surface area contributed by atoms with Crippen molar-refractivity contribution in [3.63, 3.8) is 0 Å². The number of benzene rings is 2. The van der Waals surface area contributed by atoms with E-state index in [1.807, 2.05) is 31.2 Å². The van der Waals surface area contributed by atoms with Crippen molar-refractivity contribution in [3.8, 4) is 0 Å². The lowest BCUT2D eigenvalue weighted by molar-refractivity contribution is -0.132. The van der Waals surface area contributed by atoms with Crippen molar-refractivity contribution in [1.82, 2.24) is 10.2 Å². The minimum absolute atomic E-state index is 0.00836. The zero-order valence-electron chi connectivity index (χ0n) is 15.6. The van der Waals surface area contributed by atoms with E-state index in [-0.39, 0.29) is 11.3 Å². The Morgan fingerprint density at radius 1 is 1.03 bits per heavy atom. The lowest BCUT2D eigenvalue weighted by atomic mass is 9.95. The number of aliphatic hydroxyl groups excluding tert-OH is 1. The molecule has 2 heterocycles. The Bertz CT molecular complexity index is 1140. The summed E-state index contributed by atoms with van der Waals surface area (Å²) < 4.78 is 0. The SMILES string of the molecule is Cc1ccc(C2C(=C(O)c3ccc(Cl)cc3)C(=O)C(=O)N2c2nnc(C)s2)cc1. The first-order chi connectivity index (χ1) is 13.9. The second kappa shape index (κ2) is 7.42. The Hall–Kier alpha value is -3.03. The van der Waals surface area contributed by atoms with Gasteiger partial charge in [0.15, 0.2) is 0 Å². The normalized spacial score (nSPS) is 18.4. The zero-order valence-corrected chi connectivity index (χ0v) is 17.2. The fraction of sp³-hybridized carbons (Fsp3) is 0.143. The number of aryl methyl sites for hydroxylation is 2. The molecule has 1 N–H and O–H groups in total. The van der Waals surface area contributed by atoms with E-state index in [9.17, 15) is 14.7 Å². The lowest BCUT2D eigenvalue weighted by Gasteiger charge is -2.22. The van der Waals surface area contributed by atoms with Crippen molar-refractivity contribution < 1.29 is 14.7 Å². The Labute approximate surface area is 176 Å². The maximum Gasteiger partial charge on any atom is 0.301 e. The third-order valence-corrected chi connectivity index (χ3v) is 5.77. The van der Waals surface area contributed by atoms with Crippen LogP contribution in [-0.2, 0) is 9.59 Å². The number of hydrogen-bond acceptors (Lipinski definition) is 6. The number of ketones is 1. The van der Waals surface area contributed by atoms with E-state index in [2.05, 4.69) is 10.2 Å². The molecule has 1 fully saturated rings. The summed E-state index contributed by atoms with van der Waals surface area (Å²) in [6.45, 7) is 3.72. The molecule has 1 amide bonds. The van der Waals surface area contributed by atoms with Gasteiger partial charge in [0.1, 0.15) is 10.8 Å². The number of anilines is 1. The van der Waals surface area contributed by atoms with E-state index >= 15 is 0 Å². The molecule has 2 aromatic carbocycles. The highest BCUT2D eigenvalue weighted by Gasteiger charge is 2.48. The predicted octanol–water partition coefficient (Wildman–Crippen LogP) is 4.43. The largest absolute Gasteiger partial charge is 0.507 e. The highest BCUT2D eigenvalue weighted by molar-refractivity contribution is 7.15. The highest BCUT2D eigenvalue weighted by atomic mass is 35.5. The van der Waals surface area contributed by atoms with Gasteiger partial charge in [-0.15, -0.1) is 10.2 Å². The van der Waals surface area contributed by atoms with Crippen LogP contribution in [-0.4, -0.2) is 27.0 Å². The Morgan fingerprint density at radius 3 is 2.28 bits per heavy atom. The van der Waals surface area contributed by atoms with Crippen LogP contribution in [0.5, 0.6) is 0 Å². The number of halogens is 1. The standard InChI is InChI=1S/C21H16ClN3O3S/c1-11-3-5-13(6-4-11)17-16(18(26)14-7-9-15(22)10-8-14)19(27)20(28)25(17)21-24-23-12(2)29-21/h3-10,17,26H,1-2H3. The average Bonchev–Trinajstić information content (AvgIpc) is 3.24. The molecule has 146 valence electrons. The van der Waals surface area contributed by atoms with E-state index < -0.39 is 17.7 Å². The van der Waals surface area contributed by atoms with Gasteiger partial charge in [0.25, 0.3) is 5.78 Å². The van der Waals surface area contributed by atoms with Crippen LogP contribution in [0.15, 0.2) is 54.1 Å². The fourth-order valence-electron chi connectivity index (χ4n) is 3.24. The summed E-state index contributed by atoms with van der Waals surface area (Å²) >= 11 is 7.14. The zero-order chi connectivity index (χ0) is 20.7. The number of amides is 1. The summed E-state index contributed by atoms with van der Waals surface area (Å²) in [6.07, 6.45) is 0. The van der Waals surface area contributed by atoms with Crippen molar-refractivity contribution in [1.29, 1.82) is 0 Å². The van der Waals surface area contributed by atoms with Gasteiger partial charge in [0.05, 0.1) is 11.6 Å². The second-order valence-corrected chi connectivity index (χ2v) is 8.29. The van der Waals surface area contributed by atoms with Gasteiger partial charge in [-0.2, -0.15) is 0 Å². The smallest absolute Gasteiger partial charge is 0.301 e. The number of Topliss-reactive ketones (excluding diaryl/α,β-unsaturated/α-hetero) is 1. The first kappa shape index (κ1) is 19.3. The van der Waals surface area contributed by atoms with Crippen LogP contribution >= 0.6 is 22.9 Å².